The molecule has 1 heterocycles. The number of nitriles is 1. The van der Waals surface area contributed by atoms with E-state index >= 15 is 0 Å². The number of aryl methyl sites for hydroxylation is 3. The summed E-state index contributed by atoms with van der Waals surface area (Å²) in [5.41, 5.74) is 3.32. The largest absolute Gasteiger partial charge is 0.344 e. The van der Waals surface area contributed by atoms with Gasteiger partial charge in [-0.1, -0.05) is 23.9 Å². The summed E-state index contributed by atoms with van der Waals surface area (Å²) in [5.74, 6) is 1.03. The van der Waals surface area contributed by atoms with E-state index < -0.39 is 0 Å². The summed E-state index contributed by atoms with van der Waals surface area (Å²) < 4.78 is 1.98. The molecule has 1 amide bonds. The zero-order chi connectivity index (χ0) is 17.7. The Balaban J connectivity index is 2.18. The molecule has 0 fully saturated rings. The van der Waals surface area contributed by atoms with Gasteiger partial charge in [0.15, 0.2) is 5.16 Å². The van der Waals surface area contributed by atoms with Crippen LogP contribution in [-0.4, -0.2) is 44.9 Å². The fourth-order valence-corrected chi connectivity index (χ4v) is 3.18. The lowest BCUT2D eigenvalue weighted by Crippen LogP contribution is -2.29. The molecule has 2 rings (SSSR count). The van der Waals surface area contributed by atoms with Crippen molar-refractivity contribution in [1.82, 2.24) is 19.7 Å². The molecule has 7 heteroatoms. The molecule has 0 N–H and O–H groups in total. The van der Waals surface area contributed by atoms with Crippen LogP contribution in [-0.2, 0) is 4.79 Å². The molecule has 0 aliphatic carbocycles. The van der Waals surface area contributed by atoms with Gasteiger partial charge in [-0.3, -0.25) is 9.36 Å². The van der Waals surface area contributed by atoms with E-state index in [0.29, 0.717) is 18.1 Å². The Hall–Kier alpha value is -2.33. The maximum atomic E-state index is 12.1. The molecular weight excluding hydrogens is 322 g/mol. The molecular formula is C17H21N5OS. The highest BCUT2D eigenvalue weighted by Gasteiger charge is 2.16. The lowest BCUT2D eigenvalue weighted by molar-refractivity contribution is -0.127. The number of hydrogen-bond donors (Lipinski definition) is 0. The minimum Gasteiger partial charge on any atom is -0.344 e. The van der Waals surface area contributed by atoms with E-state index in [-0.39, 0.29) is 11.7 Å². The molecule has 1 aromatic heterocycles. The normalized spacial score (nSPS) is 10.5. The fraction of sp³-hybridized carbons (Fsp3) is 0.412. The van der Waals surface area contributed by atoms with E-state index in [1.807, 2.05) is 31.4 Å². The van der Waals surface area contributed by atoms with Gasteiger partial charge >= 0.3 is 0 Å². The molecule has 2 aromatic rings. The first kappa shape index (κ1) is 18.0. The first-order valence-corrected chi connectivity index (χ1v) is 8.66. The Morgan fingerprint density at radius 3 is 2.79 bits per heavy atom. The van der Waals surface area contributed by atoms with Gasteiger partial charge in [-0.2, -0.15) is 5.26 Å². The Kier molecular flexibility index (Phi) is 5.99. The van der Waals surface area contributed by atoms with E-state index in [1.54, 1.807) is 11.9 Å². The van der Waals surface area contributed by atoms with Crippen molar-refractivity contribution in [2.45, 2.75) is 32.3 Å². The van der Waals surface area contributed by atoms with Gasteiger partial charge in [0, 0.05) is 13.6 Å². The van der Waals surface area contributed by atoms with E-state index in [9.17, 15) is 4.79 Å². The molecule has 0 unspecified atom stereocenters. The summed E-state index contributed by atoms with van der Waals surface area (Å²) in [6.45, 7) is 6.44. The number of amides is 1. The molecule has 1 aromatic carbocycles. The summed E-state index contributed by atoms with van der Waals surface area (Å²) >= 11 is 1.36. The van der Waals surface area contributed by atoms with Crippen molar-refractivity contribution in [3.8, 4) is 11.8 Å². The maximum absolute atomic E-state index is 12.1. The molecule has 6 nitrogen and oxygen atoms in total. The summed E-state index contributed by atoms with van der Waals surface area (Å²) in [4.78, 5) is 13.7. The van der Waals surface area contributed by atoms with Crippen molar-refractivity contribution in [3.63, 3.8) is 0 Å². The molecule has 0 saturated carbocycles. The van der Waals surface area contributed by atoms with Crippen molar-refractivity contribution in [2.75, 3.05) is 19.3 Å². The molecule has 0 saturated heterocycles. The number of thioether (sulfide) groups is 1. The number of benzene rings is 1. The molecule has 0 bridgehead atoms. The number of aromatic nitrogens is 3. The minimum absolute atomic E-state index is 0.0246. The smallest absolute Gasteiger partial charge is 0.232 e. The third-order valence-corrected chi connectivity index (χ3v) is 4.62. The minimum atomic E-state index is -0.0246. The Bertz CT molecular complexity index is 778. The van der Waals surface area contributed by atoms with Crippen LogP contribution in [0.2, 0.25) is 0 Å². The summed E-state index contributed by atoms with van der Waals surface area (Å²) in [6.07, 6.45) is 0.338. The molecule has 24 heavy (non-hydrogen) atoms. The van der Waals surface area contributed by atoms with Gasteiger partial charge < -0.3 is 4.90 Å². The lowest BCUT2D eigenvalue weighted by atomic mass is 10.1. The second-order valence-corrected chi connectivity index (χ2v) is 6.61. The monoisotopic (exact) mass is 343 g/mol. The van der Waals surface area contributed by atoms with Gasteiger partial charge in [0.05, 0.1) is 23.9 Å². The van der Waals surface area contributed by atoms with Crippen molar-refractivity contribution in [2.24, 2.45) is 0 Å². The van der Waals surface area contributed by atoms with Crippen molar-refractivity contribution >= 4 is 17.7 Å². The van der Waals surface area contributed by atoms with E-state index in [4.69, 9.17) is 5.26 Å². The van der Waals surface area contributed by atoms with Gasteiger partial charge in [0.2, 0.25) is 5.91 Å². The topological polar surface area (TPSA) is 74.8 Å². The molecule has 0 spiro atoms. The Morgan fingerprint density at radius 2 is 2.08 bits per heavy atom. The maximum Gasteiger partial charge on any atom is 0.232 e. The highest BCUT2D eigenvalue weighted by atomic mass is 32.2. The highest BCUT2D eigenvalue weighted by molar-refractivity contribution is 7.99. The second-order valence-electron chi connectivity index (χ2n) is 5.67. The first-order valence-electron chi connectivity index (χ1n) is 7.67. The Labute approximate surface area is 146 Å². The fourth-order valence-electron chi connectivity index (χ4n) is 2.25. The number of rotatable bonds is 6. The van der Waals surface area contributed by atoms with Gasteiger partial charge in [0.1, 0.15) is 5.82 Å². The standard InChI is InChI=1S/C17H21N5OS/c1-12-6-7-13(2)15(10-12)22-14(3)19-20-17(22)24-11-16(23)21(4)9-5-8-18/h6-7,10H,5,9,11H2,1-4H3. The number of carbonyl (C=O) groups excluding carboxylic acids is 1. The average molecular weight is 343 g/mol. The highest BCUT2D eigenvalue weighted by Crippen LogP contribution is 2.25. The number of carbonyl (C=O) groups is 1. The first-order chi connectivity index (χ1) is 11.4. The predicted octanol–water partition coefficient (Wildman–Crippen LogP) is 2.66. The quantitative estimate of drug-likeness (QED) is 0.754. The van der Waals surface area contributed by atoms with Crippen molar-refractivity contribution in [3.05, 3.63) is 35.2 Å². The van der Waals surface area contributed by atoms with Gasteiger partial charge in [-0.25, -0.2) is 0 Å². The average Bonchev–Trinajstić information content (AvgIpc) is 2.93. The molecule has 0 atom stereocenters. The zero-order valence-electron chi connectivity index (χ0n) is 14.4. The third-order valence-electron chi connectivity index (χ3n) is 3.71. The van der Waals surface area contributed by atoms with E-state index in [0.717, 1.165) is 22.6 Å². The second kappa shape index (κ2) is 7.97. The predicted molar refractivity (Wildman–Crippen MR) is 94.2 cm³/mol. The lowest BCUT2D eigenvalue weighted by Gasteiger charge is -2.15. The van der Waals surface area contributed by atoms with Crippen LogP contribution in [0.4, 0.5) is 0 Å². The number of nitrogens with zero attached hydrogens (tertiary/aromatic N) is 5. The zero-order valence-corrected chi connectivity index (χ0v) is 15.2. The van der Waals surface area contributed by atoms with Crippen LogP contribution in [0, 0.1) is 32.1 Å². The summed E-state index contributed by atoms with van der Waals surface area (Å²) in [6, 6.07) is 8.28. The van der Waals surface area contributed by atoms with Crippen LogP contribution in [0.15, 0.2) is 23.4 Å². The van der Waals surface area contributed by atoms with E-state index in [2.05, 4.69) is 28.4 Å². The van der Waals surface area contributed by atoms with Crippen LogP contribution in [0.25, 0.3) is 5.69 Å². The van der Waals surface area contributed by atoms with Crippen LogP contribution >= 0.6 is 11.8 Å². The molecule has 0 aliphatic heterocycles. The van der Waals surface area contributed by atoms with Gasteiger partial charge in [-0.15, -0.1) is 10.2 Å². The molecule has 126 valence electrons. The Morgan fingerprint density at radius 1 is 1.33 bits per heavy atom. The van der Waals surface area contributed by atoms with Crippen LogP contribution in [0.3, 0.4) is 0 Å². The van der Waals surface area contributed by atoms with E-state index in [1.165, 1.54) is 11.8 Å². The summed E-state index contributed by atoms with van der Waals surface area (Å²) in [5, 5.41) is 17.7. The van der Waals surface area contributed by atoms with Crippen LogP contribution < -0.4 is 0 Å². The van der Waals surface area contributed by atoms with Crippen LogP contribution in [0.5, 0.6) is 0 Å². The summed E-state index contributed by atoms with van der Waals surface area (Å²) in [7, 11) is 1.71. The number of hydrogen-bond acceptors (Lipinski definition) is 5. The van der Waals surface area contributed by atoms with Gasteiger partial charge in [0.25, 0.3) is 0 Å². The van der Waals surface area contributed by atoms with Crippen LogP contribution in [0.1, 0.15) is 23.4 Å². The SMILES string of the molecule is Cc1ccc(C)c(-n2c(C)nnc2SCC(=O)N(C)CCC#N)c1. The van der Waals surface area contributed by atoms with Gasteiger partial charge in [-0.05, 0) is 38.0 Å². The van der Waals surface area contributed by atoms with Crippen molar-refractivity contribution in [1.29, 1.82) is 5.26 Å². The third kappa shape index (κ3) is 4.15. The molecule has 0 aliphatic rings. The molecule has 0 radical (unpaired) electrons. The van der Waals surface area contributed by atoms with Crippen molar-refractivity contribution < 1.29 is 4.79 Å².